The molecule has 2 aromatic heterocycles. The van der Waals surface area contributed by atoms with Gasteiger partial charge in [0.15, 0.2) is 0 Å². The van der Waals surface area contributed by atoms with Crippen LogP contribution in [0.5, 0.6) is 0 Å². The number of methoxy groups -OCH3 is 1. The van der Waals surface area contributed by atoms with Gasteiger partial charge in [-0.3, -0.25) is 4.79 Å². The van der Waals surface area contributed by atoms with Crippen molar-refractivity contribution in [2.24, 2.45) is 0 Å². The van der Waals surface area contributed by atoms with Gasteiger partial charge in [0.05, 0.1) is 17.4 Å². The van der Waals surface area contributed by atoms with Crippen molar-refractivity contribution in [3.63, 3.8) is 0 Å². The Morgan fingerprint density at radius 2 is 2.17 bits per heavy atom. The fourth-order valence-corrected chi connectivity index (χ4v) is 1.99. The third-order valence-corrected chi connectivity index (χ3v) is 2.82. The molecule has 0 N–H and O–H groups in total. The summed E-state index contributed by atoms with van der Waals surface area (Å²) in [6, 6.07) is 8.90. The molecule has 90 valence electrons. The van der Waals surface area contributed by atoms with E-state index >= 15 is 0 Å². The minimum absolute atomic E-state index is 0.0581. The number of ether oxygens (including phenoxy) is 1. The highest BCUT2D eigenvalue weighted by atomic mass is 16.5. The fourth-order valence-electron chi connectivity index (χ4n) is 1.99. The molecule has 2 heterocycles. The van der Waals surface area contributed by atoms with Crippen LogP contribution in [0.3, 0.4) is 0 Å². The molecule has 0 aliphatic carbocycles. The average Bonchev–Trinajstić information content (AvgIpc) is 2.40. The molecule has 1 aromatic carbocycles. The van der Waals surface area contributed by atoms with Crippen LogP contribution in [0.1, 0.15) is 5.56 Å². The molecule has 18 heavy (non-hydrogen) atoms. The van der Waals surface area contributed by atoms with E-state index in [0.29, 0.717) is 28.7 Å². The Morgan fingerprint density at radius 1 is 1.28 bits per heavy atom. The molecule has 0 bridgehead atoms. The van der Waals surface area contributed by atoms with Crippen molar-refractivity contribution in [3.05, 3.63) is 52.3 Å². The lowest BCUT2D eigenvalue weighted by Gasteiger charge is -2.03. The number of nitrogens with zero attached hydrogens (tertiary/aromatic N) is 1. The van der Waals surface area contributed by atoms with Gasteiger partial charge in [-0.2, -0.15) is 0 Å². The molecule has 0 radical (unpaired) electrons. The molecule has 0 saturated heterocycles. The van der Waals surface area contributed by atoms with Crippen molar-refractivity contribution in [1.29, 1.82) is 0 Å². The lowest BCUT2D eigenvalue weighted by molar-refractivity contribution is 0.185. The van der Waals surface area contributed by atoms with Gasteiger partial charge in [-0.05, 0) is 29.8 Å². The Hall–Kier alpha value is -2.20. The molecule has 0 saturated carbocycles. The van der Waals surface area contributed by atoms with Gasteiger partial charge in [-0.15, -0.1) is 0 Å². The lowest BCUT2D eigenvalue weighted by atomic mass is 10.1. The monoisotopic (exact) mass is 241 g/mol. The number of fused-ring (bicyclic) bond motifs is 2. The topological polar surface area (TPSA) is 52.3 Å². The van der Waals surface area contributed by atoms with Gasteiger partial charge in [-0.25, -0.2) is 4.98 Å². The van der Waals surface area contributed by atoms with Crippen molar-refractivity contribution < 1.29 is 9.15 Å². The summed E-state index contributed by atoms with van der Waals surface area (Å²) in [7, 11) is 1.62. The summed E-state index contributed by atoms with van der Waals surface area (Å²) in [5.41, 5.74) is 1.80. The van der Waals surface area contributed by atoms with E-state index in [-0.39, 0.29) is 5.43 Å². The normalized spacial score (nSPS) is 11.2. The summed E-state index contributed by atoms with van der Waals surface area (Å²) in [6.07, 6.45) is 1.61. The summed E-state index contributed by atoms with van der Waals surface area (Å²) in [4.78, 5) is 16.4. The largest absolute Gasteiger partial charge is 0.437 e. The molecule has 0 amide bonds. The Balaban J connectivity index is 2.38. The number of rotatable bonds is 2. The molecular weight excluding hydrogens is 230 g/mol. The second-order valence-corrected chi connectivity index (χ2v) is 4.05. The first-order valence-corrected chi connectivity index (χ1v) is 5.59. The Morgan fingerprint density at radius 3 is 3.00 bits per heavy atom. The van der Waals surface area contributed by atoms with Crippen molar-refractivity contribution >= 4 is 22.1 Å². The second-order valence-electron chi connectivity index (χ2n) is 4.05. The molecule has 4 heteroatoms. The molecular formula is C14H11NO3. The summed E-state index contributed by atoms with van der Waals surface area (Å²) < 4.78 is 10.7. The molecule has 0 atom stereocenters. The van der Waals surface area contributed by atoms with Gasteiger partial charge in [-0.1, -0.05) is 6.07 Å². The van der Waals surface area contributed by atoms with Crippen LogP contribution in [-0.4, -0.2) is 12.1 Å². The zero-order valence-electron chi connectivity index (χ0n) is 9.84. The van der Waals surface area contributed by atoms with E-state index in [2.05, 4.69) is 4.98 Å². The SMILES string of the molecule is COCc1ccc2oc3ncccc3c(=O)c2c1. The van der Waals surface area contributed by atoms with Gasteiger partial charge in [0.25, 0.3) is 0 Å². The lowest BCUT2D eigenvalue weighted by Crippen LogP contribution is -2.03. The first kappa shape index (κ1) is 10.9. The van der Waals surface area contributed by atoms with Crippen molar-refractivity contribution in [3.8, 4) is 0 Å². The summed E-state index contributed by atoms with van der Waals surface area (Å²) in [5.74, 6) is 0. The number of benzene rings is 1. The highest BCUT2D eigenvalue weighted by Crippen LogP contribution is 2.18. The van der Waals surface area contributed by atoms with Crippen LogP contribution in [0.2, 0.25) is 0 Å². The predicted octanol–water partition coefficient (Wildman–Crippen LogP) is 2.49. The number of pyridine rings is 1. The zero-order valence-corrected chi connectivity index (χ0v) is 9.84. The smallest absolute Gasteiger partial charge is 0.230 e. The van der Waals surface area contributed by atoms with Gasteiger partial charge in [0.2, 0.25) is 11.1 Å². The van der Waals surface area contributed by atoms with E-state index in [1.54, 1.807) is 37.6 Å². The van der Waals surface area contributed by atoms with Crippen LogP contribution >= 0.6 is 0 Å². The molecule has 3 rings (SSSR count). The highest BCUT2D eigenvalue weighted by Gasteiger charge is 2.08. The van der Waals surface area contributed by atoms with Gasteiger partial charge in [0.1, 0.15) is 5.58 Å². The zero-order chi connectivity index (χ0) is 12.5. The van der Waals surface area contributed by atoms with E-state index in [0.717, 1.165) is 5.56 Å². The van der Waals surface area contributed by atoms with E-state index < -0.39 is 0 Å². The quantitative estimate of drug-likeness (QED) is 0.647. The predicted molar refractivity (Wildman–Crippen MR) is 68.5 cm³/mol. The van der Waals surface area contributed by atoms with E-state index in [9.17, 15) is 4.79 Å². The number of aromatic nitrogens is 1. The van der Waals surface area contributed by atoms with E-state index in [1.807, 2.05) is 6.07 Å². The molecule has 0 aliphatic rings. The Bertz CT molecular complexity index is 777. The standard InChI is InChI=1S/C14H11NO3/c1-17-8-9-4-5-12-11(7-9)13(16)10-3-2-6-15-14(10)18-12/h2-7H,8H2,1H3. The Labute approximate surface area is 103 Å². The van der Waals surface area contributed by atoms with Crippen LogP contribution < -0.4 is 5.43 Å². The van der Waals surface area contributed by atoms with Crippen molar-refractivity contribution in [1.82, 2.24) is 4.98 Å². The third-order valence-electron chi connectivity index (χ3n) is 2.82. The first-order chi connectivity index (χ1) is 8.79. The Kier molecular flexibility index (Phi) is 2.57. The summed E-state index contributed by atoms with van der Waals surface area (Å²) in [5, 5.41) is 1.06. The highest BCUT2D eigenvalue weighted by molar-refractivity contribution is 5.88. The maximum Gasteiger partial charge on any atom is 0.230 e. The minimum atomic E-state index is -0.0581. The van der Waals surface area contributed by atoms with Crippen molar-refractivity contribution in [2.45, 2.75) is 6.61 Å². The molecule has 4 nitrogen and oxygen atoms in total. The summed E-state index contributed by atoms with van der Waals surface area (Å²) >= 11 is 0. The molecule has 0 unspecified atom stereocenters. The number of hydrogen-bond acceptors (Lipinski definition) is 4. The molecule has 0 aliphatic heterocycles. The molecule has 0 spiro atoms. The minimum Gasteiger partial charge on any atom is -0.437 e. The van der Waals surface area contributed by atoms with Gasteiger partial charge in [0, 0.05) is 13.3 Å². The van der Waals surface area contributed by atoms with Crippen LogP contribution in [0.25, 0.3) is 22.1 Å². The third kappa shape index (κ3) is 1.67. The van der Waals surface area contributed by atoms with Crippen molar-refractivity contribution in [2.75, 3.05) is 7.11 Å². The van der Waals surface area contributed by atoms with Crippen LogP contribution in [0.4, 0.5) is 0 Å². The van der Waals surface area contributed by atoms with E-state index in [1.165, 1.54) is 0 Å². The maximum atomic E-state index is 12.3. The van der Waals surface area contributed by atoms with E-state index in [4.69, 9.17) is 9.15 Å². The number of hydrogen-bond donors (Lipinski definition) is 0. The van der Waals surface area contributed by atoms with Gasteiger partial charge < -0.3 is 9.15 Å². The maximum absolute atomic E-state index is 12.3. The second kappa shape index (κ2) is 4.23. The fraction of sp³-hybridized carbons (Fsp3) is 0.143. The summed E-state index contributed by atoms with van der Waals surface area (Å²) in [6.45, 7) is 0.473. The van der Waals surface area contributed by atoms with Gasteiger partial charge >= 0.3 is 0 Å². The average molecular weight is 241 g/mol. The molecule has 0 fully saturated rings. The van der Waals surface area contributed by atoms with Crippen LogP contribution in [0, 0.1) is 0 Å². The molecule has 3 aromatic rings. The van der Waals surface area contributed by atoms with Crippen LogP contribution in [-0.2, 0) is 11.3 Å². The van der Waals surface area contributed by atoms with Crippen LogP contribution in [0.15, 0.2) is 45.7 Å². The first-order valence-electron chi connectivity index (χ1n) is 5.59.